The maximum atomic E-state index is 12.7. The number of rotatable bonds is 5. The summed E-state index contributed by atoms with van der Waals surface area (Å²) in [6.45, 7) is 0.883. The van der Waals surface area contributed by atoms with Crippen LogP contribution < -0.4 is 4.74 Å². The Morgan fingerprint density at radius 2 is 1.87 bits per heavy atom. The van der Waals surface area contributed by atoms with Crippen LogP contribution in [0.15, 0.2) is 27.6 Å². The molecule has 1 aromatic rings. The maximum absolute atomic E-state index is 12.7. The lowest BCUT2D eigenvalue weighted by atomic mass is 10.2. The van der Waals surface area contributed by atoms with Gasteiger partial charge in [0.1, 0.15) is 5.75 Å². The molecule has 23 heavy (non-hydrogen) atoms. The molecular formula is C15H20BrNO5S. The number of sulfonamides is 1. The van der Waals surface area contributed by atoms with Gasteiger partial charge in [-0.2, -0.15) is 4.31 Å². The van der Waals surface area contributed by atoms with Crippen LogP contribution in [0.3, 0.4) is 0 Å². The summed E-state index contributed by atoms with van der Waals surface area (Å²) in [6.07, 6.45) is 3.91. The summed E-state index contributed by atoms with van der Waals surface area (Å²) < 4.78 is 37.2. The number of benzene rings is 1. The third kappa shape index (κ3) is 4.68. The molecule has 0 N–H and O–H groups in total. The van der Waals surface area contributed by atoms with E-state index in [1.54, 1.807) is 0 Å². The summed E-state index contributed by atoms with van der Waals surface area (Å²) in [7, 11) is -2.23. The fraction of sp³-hybridized carbons (Fsp3) is 0.533. The average Bonchev–Trinajstić information content (AvgIpc) is 2.83. The molecule has 0 amide bonds. The number of carbonyl (C=O) groups is 1. The van der Waals surface area contributed by atoms with Crippen molar-refractivity contribution in [2.24, 2.45) is 0 Å². The summed E-state index contributed by atoms with van der Waals surface area (Å²) in [5.74, 6) is -0.108. The quantitative estimate of drug-likeness (QED) is 0.703. The number of carbonyl (C=O) groups excluding carboxylic acids is 1. The minimum absolute atomic E-state index is 0.219. The van der Waals surface area contributed by atoms with Gasteiger partial charge in [-0.25, -0.2) is 13.2 Å². The molecule has 0 aliphatic carbocycles. The molecule has 0 aromatic heterocycles. The zero-order valence-corrected chi connectivity index (χ0v) is 15.4. The van der Waals surface area contributed by atoms with Gasteiger partial charge in [0.25, 0.3) is 0 Å². The highest BCUT2D eigenvalue weighted by molar-refractivity contribution is 9.10. The standard InChI is InChI=1S/C15H20BrNO5S/c1-21-15(18)11-22-14-7-6-12(10-13(14)16)23(19,20)17-8-4-2-3-5-9-17/h6-7,10H,2-5,8-9,11H2,1H3. The predicted molar refractivity (Wildman–Crippen MR) is 88.9 cm³/mol. The van der Waals surface area contributed by atoms with Crippen molar-refractivity contribution in [2.45, 2.75) is 30.6 Å². The first kappa shape index (κ1) is 18.2. The largest absolute Gasteiger partial charge is 0.481 e. The van der Waals surface area contributed by atoms with E-state index in [0.29, 0.717) is 23.3 Å². The summed E-state index contributed by atoms with van der Waals surface area (Å²) in [5, 5.41) is 0. The smallest absolute Gasteiger partial charge is 0.343 e. The van der Waals surface area contributed by atoms with Crippen molar-refractivity contribution in [1.82, 2.24) is 4.31 Å². The normalized spacial score (nSPS) is 16.6. The van der Waals surface area contributed by atoms with Gasteiger partial charge in [-0.05, 0) is 47.0 Å². The predicted octanol–water partition coefficient (Wildman–Crippen LogP) is 2.57. The highest BCUT2D eigenvalue weighted by Gasteiger charge is 2.25. The van der Waals surface area contributed by atoms with Crippen LogP contribution in [0.1, 0.15) is 25.7 Å². The summed E-state index contributed by atoms with van der Waals surface area (Å²) in [4.78, 5) is 11.3. The minimum atomic E-state index is -3.50. The molecule has 0 saturated carbocycles. The Labute approximate surface area is 144 Å². The van der Waals surface area contributed by atoms with Crippen LogP contribution in [-0.4, -0.2) is 45.5 Å². The second-order valence-corrected chi connectivity index (χ2v) is 8.07. The summed E-state index contributed by atoms with van der Waals surface area (Å²) in [5.41, 5.74) is 0. The Kier molecular flexibility index (Phi) is 6.43. The zero-order chi connectivity index (χ0) is 16.9. The van der Waals surface area contributed by atoms with E-state index in [2.05, 4.69) is 20.7 Å². The van der Waals surface area contributed by atoms with Gasteiger partial charge in [-0.3, -0.25) is 0 Å². The Morgan fingerprint density at radius 1 is 1.22 bits per heavy atom. The first-order valence-electron chi connectivity index (χ1n) is 7.44. The molecule has 0 radical (unpaired) electrons. The number of hydrogen-bond acceptors (Lipinski definition) is 5. The Balaban J connectivity index is 2.16. The van der Waals surface area contributed by atoms with E-state index in [0.717, 1.165) is 25.7 Å². The van der Waals surface area contributed by atoms with Crippen molar-refractivity contribution in [3.05, 3.63) is 22.7 Å². The highest BCUT2D eigenvalue weighted by atomic mass is 79.9. The van der Waals surface area contributed by atoms with Crippen molar-refractivity contribution in [3.8, 4) is 5.75 Å². The first-order chi connectivity index (χ1) is 10.9. The van der Waals surface area contributed by atoms with Gasteiger partial charge in [0.15, 0.2) is 6.61 Å². The van der Waals surface area contributed by atoms with E-state index >= 15 is 0 Å². The Hall–Kier alpha value is -1.12. The average molecular weight is 406 g/mol. The first-order valence-corrected chi connectivity index (χ1v) is 9.68. The van der Waals surface area contributed by atoms with Crippen LogP contribution in [0.2, 0.25) is 0 Å². The van der Waals surface area contributed by atoms with Crippen molar-refractivity contribution in [1.29, 1.82) is 0 Å². The summed E-state index contributed by atoms with van der Waals surface area (Å²) >= 11 is 3.29. The molecule has 2 rings (SSSR count). The molecule has 0 spiro atoms. The van der Waals surface area contributed by atoms with Crippen molar-refractivity contribution < 1.29 is 22.7 Å². The van der Waals surface area contributed by atoms with Crippen LogP contribution in [0.4, 0.5) is 0 Å². The molecule has 1 fully saturated rings. The molecule has 1 saturated heterocycles. The molecule has 128 valence electrons. The van der Waals surface area contributed by atoms with Gasteiger partial charge in [0, 0.05) is 13.1 Å². The fourth-order valence-corrected chi connectivity index (χ4v) is 4.57. The Bertz CT molecular complexity index is 654. The zero-order valence-electron chi connectivity index (χ0n) is 13.0. The molecule has 6 nitrogen and oxygen atoms in total. The molecule has 0 unspecified atom stereocenters. The molecule has 0 bridgehead atoms. The van der Waals surface area contributed by atoms with Crippen LogP contribution in [0, 0.1) is 0 Å². The van der Waals surface area contributed by atoms with Gasteiger partial charge >= 0.3 is 5.97 Å². The van der Waals surface area contributed by atoms with Crippen LogP contribution >= 0.6 is 15.9 Å². The third-order valence-corrected chi connectivity index (χ3v) is 6.19. The van der Waals surface area contributed by atoms with E-state index in [4.69, 9.17) is 4.74 Å². The van der Waals surface area contributed by atoms with Crippen molar-refractivity contribution in [3.63, 3.8) is 0 Å². The number of halogens is 1. The van der Waals surface area contributed by atoms with Gasteiger partial charge < -0.3 is 9.47 Å². The molecular weight excluding hydrogens is 386 g/mol. The van der Waals surface area contributed by atoms with Crippen molar-refractivity contribution in [2.75, 3.05) is 26.8 Å². The fourth-order valence-electron chi connectivity index (χ4n) is 2.39. The number of ether oxygens (including phenoxy) is 2. The van der Waals surface area contributed by atoms with E-state index in [1.807, 2.05) is 0 Å². The second kappa shape index (κ2) is 8.12. The molecule has 1 aromatic carbocycles. The lowest BCUT2D eigenvalue weighted by Crippen LogP contribution is -2.31. The van der Waals surface area contributed by atoms with Crippen molar-refractivity contribution >= 4 is 31.9 Å². The number of nitrogens with zero attached hydrogens (tertiary/aromatic N) is 1. The number of methoxy groups -OCH3 is 1. The maximum Gasteiger partial charge on any atom is 0.343 e. The molecule has 1 aliphatic heterocycles. The van der Waals surface area contributed by atoms with Crippen LogP contribution in [-0.2, 0) is 19.6 Å². The lowest BCUT2D eigenvalue weighted by molar-refractivity contribution is -0.142. The summed E-state index contributed by atoms with van der Waals surface area (Å²) in [6, 6.07) is 4.54. The van der Waals surface area contributed by atoms with Gasteiger partial charge in [-0.1, -0.05) is 12.8 Å². The second-order valence-electron chi connectivity index (χ2n) is 5.28. The van der Waals surface area contributed by atoms with E-state index in [9.17, 15) is 13.2 Å². The SMILES string of the molecule is COC(=O)COc1ccc(S(=O)(=O)N2CCCCCC2)cc1Br. The van der Waals surface area contributed by atoms with E-state index in [-0.39, 0.29) is 11.5 Å². The number of hydrogen-bond donors (Lipinski definition) is 0. The van der Waals surface area contributed by atoms with Gasteiger partial charge in [0.05, 0.1) is 16.5 Å². The van der Waals surface area contributed by atoms with Crippen LogP contribution in [0.5, 0.6) is 5.75 Å². The lowest BCUT2D eigenvalue weighted by Gasteiger charge is -2.20. The minimum Gasteiger partial charge on any atom is -0.481 e. The van der Waals surface area contributed by atoms with Gasteiger partial charge in [0.2, 0.25) is 10.0 Å². The molecule has 8 heteroatoms. The van der Waals surface area contributed by atoms with E-state index in [1.165, 1.54) is 29.6 Å². The number of esters is 1. The molecule has 0 atom stereocenters. The Morgan fingerprint density at radius 3 is 2.43 bits per heavy atom. The monoisotopic (exact) mass is 405 g/mol. The topological polar surface area (TPSA) is 72.9 Å². The third-order valence-electron chi connectivity index (χ3n) is 3.68. The molecule has 1 aliphatic rings. The van der Waals surface area contributed by atoms with Crippen LogP contribution in [0.25, 0.3) is 0 Å². The van der Waals surface area contributed by atoms with E-state index < -0.39 is 16.0 Å². The highest BCUT2D eigenvalue weighted by Crippen LogP contribution is 2.30. The molecule has 1 heterocycles. The van der Waals surface area contributed by atoms with Gasteiger partial charge in [-0.15, -0.1) is 0 Å².